The third-order valence-corrected chi connectivity index (χ3v) is 3.77. The van der Waals surface area contributed by atoms with Crippen LogP contribution in [0.5, 0.6) is 0 Å². The summed E-state index contributed by atoms with van der Waals surface area (Å²) in [5.74, 6) is -1.10. The molecule has 0 bridgehead atoms. The van der Waals surface area contributed by atoms with E-state index < -0.39 is 5.97 Å². The SMILES string of the molecule is C=C(C(=O)O)C1C=Cc2ccccc21.OC1CCCC1.[Ru]. The fourth-order valence-corrected chi connectivity index (χ4v) is 2.59. The number of aliphatic carboxylic acids is 1. The Hall–Kier alpha value is -1.25. The van der Waals surface area contributed by atoms with Crippen molar-refractivity contribution in [3.8, 4) is 0 Å². The van der Waals surface area contributed by atoms with E-state index in [-0.39, 0.29) is 37.1 Å². The summed E-state index contributed by atoms with van der Waals surface area (Å²) in [6, 6.07) is 7.76. The zero-order chi connectivity index (χ0) is 14.5. The van der Waals surface area contributed by atoms with Crippen molar-refractivity contribution in [2.45, 2.75) is 37.7 Å². The van der Waals surface area contributed by atoms with Gasteiger partial charge in [0.2, 0.25) is 0 Å². The topological polar surface area (TPSA) is 57.5 Å². The molecule has 0 aliphatic heterocycles. The van der Waals surface area contributed by atoms with Crippen LogP contribution in [0.25, 0.3) is 6.08 Å². The predicted molar refractivity (Wildman–Crippen MR) is 79.5 cm³/mol. The van der Waals surface area contributed by atoms with Crippen molar-refractivity contribution in [1.29, 1.82) is 0 Å². The van der Waals surface area contributed by atoms with E-state index in [0.29, 0.717) is 0 Å². The molecule has 2 N–H and O–H groups in total. The summed E-state index contributed by atoms with van der Waals surface area (Å²) in [4.78, 5) is 10.8. The fourth-order valence-electron chi connectivity index (χ4n) is 2.59. The standard InChI is InChI=1S/C12H10O2.C5H10O.Ru/c1-8(12(13)14)10-7-6-9-4-2-3-5-11(9)10;6-5-3-1-2-4-5;/h2-7,10H,1H2,(H,13,14);5-6H,1-4H2;. The van der Waals surface area contributed by atoms with Crippen molar-refractivity contribution >= 4 is 12.0 Å². The minimum Gasteiger partial charge on any atom is -0.478 e. The first kappa shape index (κ1) is 17.8. The molecule has 2 aliphatic carbocycles. The van der Waals surface area contributed by atoms with E-state index in [0.717, 1.165) is 24.0 Å². The van der Waals surface area contributed by atoms with Gasteiger partial charge in [0.15, 0.2) is 0 Å². The zero-order valence-corrected chi connectivity index (χ0v) is 13.5. The molecule has 1 aromatic rings. The summed E-state index contributed by atoms with van der Waals surface area (Å²) in [5.41, 5.74) is 2.34. The number of aliphatic hydroxyl groups excluding tert-OH is 1. The number of fused-ring (bicyclic) bond motifs is 1. The molecule has 0 spiro atoms. The molecule has 0 aromatic heterocycles. The van der Waals surface area contributed by atoms with Gasteiger partial charge in [-0.1, -0.05) is 55.8 Å². The molecule has 1 saturated carbocycles. The summed E-state index contributed by atoms with van der Waals surface area (Å²) in [5, 5.41) is 17.6. The molecule has 3 nitrogen and oxygen atoms in total. The van der Waals surface area contributed by atoms with Crippen LogP contribution in [0, 0.1) is 0 Å². The van der Waals surface area contributed by atoms with Crippen LogP contribution in [0.3, 0.4) is 0 Å². The fraction of sp³-hybridized carbons (Fsp3) is 0.353. The Balaban J connectivity index is 0.000000267. The van der Waals surface area contributed by atoms with E-state index in [1.54, 1.807) is 0 Å². The maximum Gasteiger partial charge on any atom is 0.331 e. The van der Waals surface area contributed by atoms with Gasteiger partial charge in [0.25, 0.3) is 0 Å². The summed E-state index contributed by atoms with van der Waals surface area (Å²) in [7, 11) is 0. The van der Waals surface area contributed by atoms with Gasteiger partial charge in [0.05, 0.1) is 6.10 Å². The first-order chi connectivity index (χ1) is 9.59. The van der Waals surface area contributed by atoms with Gasteiger partial charge in [-0.3, -0.25) is 0 Å². The number of aliphatic hydroxyl groups is 1. The molecule has 0 saturated heterocycles. The Morgan fingerprint density at radius 3 is 2.33 bits per heavy atom. The Bertz CT molecular complexity index is 531. The van der Waals surface area contributed by atoms with Crippen molar-refractivity contribution in [3.05, 3.63) is 53.6 Å². The summed E-state index contributed by atoms with van der Waals surface area (Å²) < 4.78 is 0. The first-order valence-electron chi connectivity index (χ1n) is 6.97. The number of benzene rings is 1. The Labute approximate surface area is 138 Å². The molecule has 114 valence electrons. The van der Waals surface area contributed by atoms with Crippen molar-refractivity contribution in [2.75, 3.05) is 0 Å². The molecular weight excluding hydrogens is 353 g/mol. The smallest absolute Gasteiger partial charge is 0.331 e. The monoisotopic (exact) mass is 374 g/mol. The number of hydrogen-bond acceptors (Lipinski definition) is 2. The molecule has 3 rings (SSSR count). The van der Waals surface area contributed by atoms with E-state index in [9.17, 15) is 4.79 Å². The summed E-state index contributed by atoms with van der Waals surface area (Å²) in [6.45, 7) is 3.58. The normalized spacial score (nSPS) is 19.2. The molecule has 1 unspecified atom stereocenters. The van der Waals surface area contributed by atoms with Gasteiger partial charge in [-0.2, -0.15) is 0 Å². The van der Waals surface area contributed by atoms with Gasteiger partial charge < -0.3 is 10.2 Å². The van der Waals surface area contributed by atoms with Crippen molar-refractivity contribution in [1.82, 2.24) is 0 Å². The molecule has 1 atom stereocenters. The zero-order valence-electron chi connectivity index (χ0n) is 11.8. The first-order valence-corrected chi connectivity index (χ1v) is 6.97. The average Bonchev–Trinajstić information content (AvgIpc) is 3.07. The second-order valence-corrected chi connectivity index (χ2v) is 5.23. The largest absolute Gasteiger partial charge is 0.478 e. The van der Waals surface area contributed by atoms with E-state index in [2.05, 4.69) is 6.58 Å². The van der Waals surface area contributed by atoms with Gasteiger partial charge in [-0.15, -0.1) is 0 Å². The Morgan fingerprint density at radius 1 is 1.19 bits per heavy atom. The summed E-state index contributed by atoms with van der Waals surface area (Å²) >= 11 is 0. The third-order valence-electron chi connectivity index (χ3n) is 3.77. The maximum atomic E-state index is 10.8. The van der Waals surface area contributed by atoms with Crippen molar-refractivity contribution in [2.24, 2.45) is 0 Å². The number of carboxylic acid groups (broad SMARTS) is 1. The number of carbonyl (C=O) groups is 1. The number of allylic oxidation sites excluding steroid dienone is 1. The van der Waals surface area contributed by atoms with Crippen LogP contribution in [-0.4, -0.2) is 22.3 Å². The number of carboxylic acids is 1. The molecule has 1 aromatic carbocycles. The molecule has 21 heavy (non-hydrogen) atoms. The van der Waals surface area contributed by atoms with Gasteiger partial charge in [-0.05, 0) is 24.0 Å². The molecule has 0 heterocycles. The summed E-state index contributed by atoms with van der Waals surface area (Å²) in [6.07, 6.45) is 8.42. The van der Waals surface area contributed by atoms with Crippen LogP contribution in [0.2, 0.25) is 0 Å². The molecule has 0 radical (unpaired) electrons. The van der Waals surface area contributed by atoms with Gasteiger partial charge in [0, 0.05) is 31.0 Å². The number of hydrogen-bond donors (Lipinski definition) is 2. The molecule has 4 heteroatoms. The Kier molecular flexibility index (Phi) is 7.00. The second kappa shape index (κ2) is 8.26. The molecule has 0 amide bonds. The van der Waals surface area contributed by atoms with Crippen molar-refractivity contribution < 1.29 is 34.5 Å². The number of rotatable bonds is 2. The van der Waals surface area contributed by atoms with E-state index in [4.69, 9.17) is 10.2 Å². The van der Waals surface area contributed by atoms with Crippen LogP contribution in [0.4, 0.5) is 0 Å². The van der Waals surface area contributed by atoms with Gasteiger partial charge in [-0.25, -0.2) is 4.79 Å². The van der Waals surface area contributed by atoms with Gasteiger partial charge in [0.1, 0.15) is 0 Å². The molecule has 1 fully saturated rings. The predicted octanol–water partition coefficient (Wildman–Crippen LogP) is 3.36. The molecule has 2 aliphatic rings. The van der Waals surface area contributed by atoms with Crippen LogP contribution in [-0.2, 0) is 24.3 Å². The minimum atomic E-state index is -0.934. The van der Waals surface area contributed by atoms with E-state index >= 15 is 0 Å². The third kappa shape index (κ3) is 4.62. The van der Waals surface area contributed by atoms with Crippen LogP contribution >= 0.6 is 0 Å². The maximum absolute atomic E-state index is 10.8. The van der Waals surface area contributed by atoms with Crippen LogP contribution < -0.4 is 0 Å². The van der Waals surface area contributed by atoms with Crippen molar-refractivity contribution in [3.63, 3.8) is 0 Å². The quantitative estimate of drug-likeness (QED) is 0.617. The van der Waals surface area contributed by atoms with E-state index in [1.165, 1.54) is 12.8 Å². The molecular formula is C17H20O3Ru. The average molecular weight is 373 g/mol. The Morgan fingerprint density at radius 2 is 1.81 bits per heavy atom. The second-order valence-electron chi connectivity index (χ2n) is 5.23. The van der Waals surface area contributed by atoms with E-state index in [1.807, 2.05) is 36.4 Å². The van der Waals surface area contributed by atoms with Gasteiger partial charge >= 0.3 is 5.97 Å². The van der Waals surface area contributed by atoms with Crippen LogP contribution in [0.1, 0.15) is 42.7 Å². The minimum absolute atomic E-state index is 0. The van der Waals surface area contributed by atoms with Crippen LogP contribution in [0.15, 0.2) is 42.5 Å².